The van der Waals surface area contributed by atoms with Gasteiger partial charge in [0.2, 0.25) is 0 Å². The molecule has 45 heavy (non-hydrogen) atoms. The molecule has 6 N–H and O–H groups in total. The van der Waals surface area contributed by atoms with Crippen LogP contribution >= 0.6 is 0 Å². The molecule has 0 atom stereocenters. The Bertz CT molecular complexity index is 1930. The Hall–Kier alpha value is -4.05. The number of hydrogen-bond acceptors (Lipinski definition) is 8. The van der Waals surface area contributed by atoms with Crippen molar-refractivity contribution in [1.29, 1.82) is 0 Å². The van der Waals surface area contributed by atoms with E-state index in [0.29, 0.717) is 32.9 Å². The fourth-order valence-electron chi connectivity index (χ4n) is 4.59. The summed E-state index contributed by atoms with van der Waals surface area (Å²) in [7, 11) is -9.07. The fraction of sp³-hybridized carbons (Fsp3) is 0. The maximum atomic E-state index is 11.5. The van der Waals surface area contributed by atoms with Crippen LogP contribution in [0.3, 0.4) is 0 Å². The van der Waals surface area contributed by atoms with Crippen LogP contribution in [-0.4, -0.2) is 59.9 Å². The number of fused-ring (bicyclic) bond motifs is 2. The molecule has 0 aliphatic heterocycles. The summed E-state index contributed by atoms with van der Waals surface area (Å²) in [5, 5.41) is 8.55. The van der Waals surface area contributed by atoms with Crippen molar-refractivity contribution in [2.24, 2.45) is 0 Å². The summed E-state index contributed by atoms with van der Waals surface area (Å²) in [4.78, 5) is -0.418. The van der Waals surface area contributed by atoms with Crippen molar-refractivity contribution in [3.8, 4) is 0 Å². The molecule has 0 bridgehead atoms. The predicted octanol–water partition coefficient (Wildman–Crippen LogP) is 4.94. The molecule has 0 unspecified atom stereocenters. The van der Waals surface area contributed by atoms with Gasteiger partial charge in [-0.2, -0.15) is 0 Å². The van der Waals surface area contributed by atoms with Crippen LogP contribution in [0.5, 0.6) is 0 Å². The number of para-hydroxylation sites is 2. The van der Waals surface area contributed by atoms with E-state index in [2.05, 4.69) is 10.6 Å². The summed E-state index contributed by atoms with van der Waals surface area (Å²) >= 11 is 0. The van der Waals surface area contributed by atoms with Crippen LogP contribution in [0, 0.1) is 0 Å². The van der Waals surface area contributed by atoms with Crippen LogP contribution in [0.1, 0.15) is 0 Å². The molecule has 0 saturated heterocycles. The zero-order valence-electron chi connectivity index (χ0n) is 23.7. The van der Waals surface area contributed by atoms with Crippen LogP contribution in [-0.2, 0) is 20.2 Å². The molecular weight excluding hydrogens is 629 g/mol. The first kappa shape index (κ1) is 37.1. The van der Waals surface area contributed by atoms with Crippen molar-refractivity contribution in [2.45, 2.75) is 9.79 Å². The second-order valence-electron chi connectivity index (χ2n) is 9.21. The monoisotopic (exact) mass is 656 g/mol. The average Bonchev–Trinajstić information content (AvgIpc) is 2.97. The van der Waals surface area contributed by atoms with E-state index in [1.54, 1.807) is 48.5 Å². The minimum atomic E-state index is -4.53. The van der Waals surface area contributed by atoms with Gasteiger partial charge in [-0.3, -0.25) is 0 Å². The first-order valence-corrected chi connectivity index (χ1v) is 15.5. The number of nitrogens with one attached hydrogen (secondary N) is 2. The molecule has 0 aliphatic rings. The molecule has 10 nitrogen and oxygen atoms in total. The summed E-state index contributed by atoms with van der Waals surface area (Å²) in [5.74, 6) is 0. The third-order valence-electron chi connectivity index (χ3n) is 6.38. The quantitative estimate of drug-likeness (QED) is 0.185. The standard InChI is InChI=1S/2C16H13NO3S.Mg.2H2O/c2*18-21(19,20)15-11-5-7-12-6-4-10-14(16(12)15)17-13-8-2-1-3-9-13;;;/h2*1-11,17H,(H,18,19,20);;2*1H2/q;;+2;;/p-2. The predicted molar refractivity (Wildman–Crippen MR) is 176 cm³/mol. The average molecular weight is 657 g/mol. The molecule has 13 heteroatoms. The van der Waals surface area contributed by atoms with Gasteiger partial charge in [0.25, 0.3) is 0 Å². The van der Waals surface area contributed by atoms with E-state index in [1.165, 1.54) is 12.1 Å². The zero-order chi connectivity index (χ0) is 29.7. The van der Waals surface area contributed by atoms with Gasteiger partial charge >= 0.3 is 23.1 Å². The molecule has 228 valence electrons. The van der Waals surface area contributed by atoms with E-state index in [0.717, 1.165) is 11.4 Å². The fourth-order valence-corrected chi connectivity index (χ4v) is 6.04. The van der Waals surface area contributed by atoms with Gasteiger partial charge in [0.05, 0.1) is 9.79 Å². The van der Waals surface area contributed by atoms with Crippen molar-refractivity contribution < 1.29 is 36.9 Å². The third kappa shape index (κ3) is 9.00. The van der Waals surface area contributed by atoms with Crippen LogP contribution in [0.2, 0.25) is 0 Å². The van der Waals surface area contributed by atoms with Gasteiger partial charge in [-0.1, -0.05) is 84.9 Å². The summed E-state index contributed by atoms with van der Waals surface area (Å²) in [6.07, 6.45) is 0. The smallest absolute Gasteiger partial charge is 0.744 e. The number of anilines is 4. The van der Waals surface area contributed by atoms with Crippen LogP contribution in [0.15, 0.2) is 143 Å². The second kappa shape index (κ2) is 15.8. The van der Waals surface area contributed by atoms with Gasteiger partial charge < -0.3 is 30.7 Å². The van der Waals surface area contributed by atoms with Gasteiger partial charge in [0.15, 0.2) is 0 Å². The molecule has 0 aromatic heterocycles. The first-order chi connectivity index (χ1) is 20.1. The Morgan fingerprint density at radius 3 is 1.04 bits per heavy atom. The van der Waals surface area contributed by atoms with Crippen molar-refractivity contribution >= 4 is 87.6 Å². The molecule has 6 aromatic carbocycles. The van der Waals surface area contributed by atoms with Gasteiger partial charge in [0.1, 0.15) is 20.2 Å². The van der Waals surface area contributed by atoms with Gasteiger partial charge in [0, 0.05) is 33.5 Å². The van der Waals surface area contributed by atoms with E-state index in [4.69, 9.17) is 0 Å². The summed E-state index contributed by atoms with van der Waals surface area (Å²) in [5.41, 5.74) is 2.83. The molecule has 6 aromatic rings. The number of benzene rings is 6. The Balaban J connectivity index is 0.000000294. The van der Waals surface area contributed by atoms with Gasteiger partial charge in [-0.05, 0) is 59.3 Å². The van der Waals surface area contributed by atoms with Gasteiger partial charge in [-0.15, -0.1) is 0 Å². The van der Waals surface area contributed by atoms with Crippen molar-refractivity contribution in [1.82, 2.24) is 0 Å². The first-order valence-electron chi connectivity index (χ1n) is 12.7. The van der Waals surface area contributed by atoms with E-state index in [1.807, 2.05) is 72.8 Å². The number of rotatable bonds is 6. The molecule has 0 heterocycles. The summed E-state index contributed by atoms with van der Waals surface area (Å²) in [6, 6.07) is 38.8. The largest absolute Gasteiger partial charge is 2.00 e. The van der Waals surface area contributed by atoms with Crippen LogP contribution in [0.4, 0.5) is 22.7 Å². The van der Waals surface area contributed by atoms with E-state index >= 15 is 0 Å². The Morgan fingerprint density at radius 2 is 0.733 bits per heavy atom. The maximum absolute atomic E-state index is 11.5. The van der Waals surface area contributed by atoms with E-state index in [-0.39, 0.29) is 43.8 Å². The Morgan fingerprint density at radius 1 is 0.422 bits per heavy atom. The minimum absolute atomic E-state index is 0. The topological polar surface area (TPSA) is 201 Å². The third-order valence-corrected chi connectivity index (χ3v) is 8.13. The minimum Gasteiger partial charge on any atom is -0.744 e. The van der Waals surface area contributed by atoms with E-state index < -0.39 is 20.2 Å². The van der Waals surface area contributed by atoms with Crippen molar-refractivity contribution in [2.75, 3.05) is 10.6 Å². The second-order valence-corrected chi connectivity index (χ2v) is 11.9. The molecule has 0 saturated carbocycles. The van der Waals surface area contributed by atoms with Crippen molar-refractivity contribution in [3.63, 3.8) is 0 Å². The zero-order valence-corrected chi connectivity index (χ0v) is 26.7. The molecule has 0 spiro atoms. The SMILES string of the molecule is O.O.O=S(=O)([O-])c1cccc2cccc(Nc3ccccc3)c12.O=S(=O)([O-])c1cccc2cccc(Nc3ccccc3)c12.[Mg+2]. The Labute approximate surface area is 277 Å². The molecule has 0 radical (unpaired) electrons. The molecular formula is C32H28MgN2O8S2. The molecule has 6 rings (SSSR count). The van der Waals surface area contributed by atoms with E-state index in [9.17, 15) is 25.9 Å². The Kier molecular flexibility index (Phi) is 13.0. The number of hydrogen-bond donors (Lipinski definition) is 2. The molecule has 0 amide bonds. The summed E-state index contributed by atoms with van der Waals surface area (Å²) in [6.45, 7) is 0. The van der Waals surface area contributed by atoms with Crippen molar-refractivity contribution in [3.05, 3.63) is 133 Å². The summed E-state index contributed by atoms with van der Waals surface area (Å²) < 4.78 is 68.8. The van der Waals surface area contributed by atoms with Crippen LogP contribution in [0.25, 0.3) is 21.5 Å². The molecule has 0 aliphatic carbocycles. The maximum Gasteiger partial charge on any atom is 2.00 e. The van der Waals surface area contributed by atoms with Gasteiger partial charge in [-0.25, -0.2) is 16.8 Å². The molecule has 0 fully saturated rings. The van der Waals surface area contributed by atoms with Crippen LogP contribution < -0.4 is 10.6 Å². The normalized spacial score (nSPS) is 10.7.